The van der Waals surface area contributed by atoms with Crippen molar-refractivity contribution in [2.45, 2.75) is 19.8 Å². The van der Waals surface area contributed by atoms with Crippen molar-refractivity contribution in [1.29, 1.82) is 0 Å². The first-order valence-electron chi connectivity index (χ1n) is 5.61. The second-order valence-corrected chi connectivity index (χ2v) is 4.13. The molecule has 0 aromatic carbocycles. The van der Waals surface area contributed by atoms with Crippen molar-refractivity contribution in [1.82, 2.24) is 10.3 Å². The van der Waals surface area contributed by atoms with Gasteiger partial charge < -0.3 is 10.1 Å². The standard InChI is InChI=1S/C12H18N2O/c1-10-8-12(3-6-14-10)15-7-4-11-2-5-13-9-11/h3,6,8,11,13H,2,4-5,7,9H2,1H3. The van der Waals surface area contributed by atoms with Gasteiger partial charge in [-0.3, -0.25) is 4.98 Å². The number of nitrogens with zero attached hydrogens (tertiary/aromatic N) is 1. The molecule has 1 aromatic heterocycles. The third kappa shape index (κ3) is 3.20. The molecule has 0 radical (unpaired) electrons. The highest BCUT2D eigenvalue weighted by Gasteiger charge is 2.13. The molecule has 2 heterocycles. The number of hydrogen-bond acceptors (Lipinski definition) is 3. The van der Waals surface area contributed by atoms with E-state index >= 15 is 0 Å². The molecule has 1 aromatic rings. The molecule has 1 aliphatic rings. The zero-order valence-corrected chi connectivity index (χ0v) is 9.20. The Morgan fingerprint density at radius 1 is 1.60 bits per heavy atom. The molecule has 0 aliphatic carbocycles. The molecule has 2 rings (SSSR count). The van der Waals surface area contributed by atoms with Crippen LogP contribution >= 0.6 is 0 Å². The average Bonchev–Trinajstić information content (AvgIpc) is 2.71. The Bertz CT molecular complexity index is 308. The van der Waals surface area contributed by atoms with E-state index in [0.717, 1.165) is 36.9 Å². The zero-order valence-electron chi connectivity index (χ0n) is 9.20. The molecule has 1 unspecified atom stereocenters. The van der Waals surface area contributed by atoms with Crippen LogP contribution in [0.15, 0.2) is 18.3 Å². The average molecular weight is 206 g/mol. The summed E-state index contributed by atoms with van der Waals surface area (Å²) in [6, 6.07) is 3.90. The molecule has 1 fully saturated rings. The van der Waals surface area contributed by atoms with Crippen LogP contribution in [0.2, 0.25) is 0 Å². The summed E-state index contributed by atoms with van der Waals surface area (Å²) < 4.78 is 5.68. The smallest absolute Gasteiger partial charge is 0.122 e. The van der Waals surface area contributed by atoms with Gasteiger partial charge in [0, 0.05) is 18.0 Å². The Hall–Kier alpha value is -1.09. The van der Waals surface area contributed by atoms with Crippen LogP contribution in [0, 0.1) is 12.8 Å². The summed E-state index contributed by atoms with van der Waals surface area (Å²) in [4.78, 5) is 4.14. The highest BCUT2D eigenvalue weighted by atomic mass is 16.5. The van der Waals surface area contributed by atoms with E-state index in [1.165, 1.54) is 13.0 Å². The molecule has 1 N–H and O–H groups in total. The van der Waals surface area contributed by atoms with Gasteiger partial charge in [0.05, 0.1) is 6.61 Å². The Morgan fingerprint density at radius 2 is 2.53 bits per heavy atom. The number of rotatable bonds is 4. The van der Waals surface area contributed by atoms with E-state index in [2.05, 4.69) is 10.3 Å². The van der Waals surface area contributed by atoms with Gasteiger partial charge in [0.25, 0.3) is 0 Å². The Morgan fingerprint density at radius 3 is 3.27 bits per heavy atom. The molecule has 0 spiro atoms. The van der Waals surface area contributed by atoms with Crippen molar-refractivity contribution in [3.63, 3.8) is 0 Å². The SMILES string of the molecule is Cc1cc(OCCC2CCNC2)ccn1. The summed E-state index contributed by atoms with van der Waals surface area (Å²) in [5.74, 6) is 1.74. The lowest BCUT2D eigenvalue weighted by Gasteiger charge is -2.09. The molecule has 15 heavy (non-hydrogen) atoms. The monoisotopic (exact) mass is 206 g/mol. The first kappa shape index (κ1) is 10.4. The van der Waals surface area contributed by atoms with Crippen LogP contribution in [-0.2, 0) is 0 Å². The predicted octanol–water partition coefficient (Wildman–Crippen LogP) is 1.77. The Labute approximate surface area is 90.9 Å². The lowest BCUT2D eigenvalue weighted by molar-refractivity contribution is 0.283. The number of nitrogens with one attached hydrogen (secondary N) is 1. The van der Waals surface area contributed by atoms with Crippen molar-refractivity contribution in [3.05, 3.63) is 24.0 Å². The maximum absolute atomic E-state index is 5.68. The van der Waals surface area contributed by atoms with Gasteiger partial charge >= 0.3 is 0 Å². The topological polar surface area (TPSA) is 34.1 Å². The minimum absolute atomic E-state index is 0.799. The van der Waals surface area contributed by atoms with Gasteiger partial charge in [0.1, 0.15) is 5.75 Å². The molecule has 3 nitrogen and oxygen atoms in total. The zero-order chi connectivity index (χ0) is 10.5. The normalized spacial score (nSPS) is 20.5. The number of aryl methyl sites for hydroxylation is 1. The molecule has 0 amide bonds. The molecule has 0 saturated carbocycles. The van der Waals surface area contributed by atoms with E-state index in [1.54, 1.807) is 6.20 Å². The van der Waals surface area contributed by atoms with Gasteiger partial charge in [0.2, 0.25) is 0 Å². The van der Waals surface area contributed by atoms with Crippen molar-refractivity contribution >= 4 is 0 Å². The summed E-state index contributed by atoms with van der Waals surface area (Å²) in [6.07, 6.45) is 4.23. The minimum Gasteiger partial charge on any atom is -0.493 e. The second kappa shape index (κ2) is 5.12. The Balaban J connectivity index is 1.73. The van der Waals surface area contributed by atoms with Crippen LogP contribution in [0.5, 0.6) is 5.75 Å². The van der Waals surface area contributed by atoms with Crippen LogP contribution in [0.1, 0.15) is 18.5 Å². The van der Waals surface area contributed by atoms with E-state index in [9.17, 15) is 0 Å². The molecule has 1 atom stereocenters. The molecular formula is C12H18N2O. The summed E-state index contributed by atoms with van der Waals surface area (Å²) in [6.45, 7) is 5.11. The third-order valence-electron chi connectivity index (χ3n) is 2.83. The van der Waals surface area contributed by atoms with Crippen LogP contribution in [-0.4, -0.2) is 24.7 Å². The summed E-state index contributed by atoms with van der Waals surface area (Å²) in [5, 5.41) is 3.36. The fourth-order valence-electron chi connectivity index (χ4n) is 1.91. The maximum Gasteiger partial charge on any atom is 0.122 e. The largest absolute Gasteiger partial charge is 0.493 e. The van der Waals surface area contributed by atoms with Crippen molar-refractivity contribution in [3.8, 4) is 5.75 Å². The Kier molecular flexibility index (Phi) is 3.56. The van der Waals surface area contributed by atoms with E-state index in [-0.39, 0.29) is 0 Å². The lowest BCUT2D eigenvalue weighted by Crippen LogP contribution is -2.11. The van der Waals surface area contributed by atoms with Gasteiger partial charge in [-0.15, -0.1) is 0 Å². The molecular weight excluding hydrogens is 188 g/mol. The molecule has 82 valence electrons. The highest BCUT2D eigenvalue weighted by molar-refractivity contribution is 5.21. The van der Waals surface area contributed by atoms with Gasteiger partial charge in [0.15, 0.2) is 0 Å². The van der Waals surface area contributed by atoms with Crippen molar-refractivity contribution in [2.75, 3.05) is 19.7 Å². The van der Waals surface area contributed by atoms with Crippen LogP contribution in [0.25, 0.3) is 0 Å². The van der Waals surface area contributed by atoms with Gasteiger partial charge in [-0.2, -0.15) is 0 Å². The lowest BCUT2D eigenvalue weighted by atomic mass is 10.1. The first-order valence-corrected chi connectivity index (χ1v) is 5.61. The number of ether oxygens (including phenoxy) is 1. The molecule has 3 heteroatoms. The van der Waals surface area contributed by atoms with E-state index in [4.69, 9.17) is 4.74 Å². The van der Waals surface area contributed by atoms with Gasteiger partial charge in [-0.05, 0) is 44.8 Å². The molecule has 1 saturated heterocycles. The molecule has 0 bridgehead atoms. The summed E-state index contributed by atoms with van der Waals surface area (Å²) in [5.41, 5.74) is 1.01. The van der Waals surface area contributed by atoms with E-state index in [1.807, 2.05) is 19.1 Å². The fraction of sp³-hybridized carbons (Fsp3) is 0.583. The second-order valence-electron chi connectivity index (χ2n) is 4.13. The predicted molar refractivity (Wildman–Crippen MR) is 60.1 cm³/mol. The van der Waals surface area contributed by atoms with E-state index in [0.29, 0.717) is 0 Å². The van der Waals surface area contributed by atoms with Gasteiger partial charge in [-0.1, -0.05) is 0 Å². The maximum atomic E-state index is 5.68. The first-order chi connectivity index (χ1) is 7.34. The minimum atomic E-state index is 0.799. The van der Waals surface area contributed by atoms with Crippen molar-refractivity contribution in [2.24, 2.45) is 5.92 Å². The fourth-order valence-corrected chi connectivity index (χ4v) is 1.91. The third-order valence-corrected chi connectivity index (χ3v) is 2.83. The van der Waals surface area contributed by atoms with E-state index < -0.39 is 0 Å². The van der Waals surface area contributed by atoms with Crippen LogP contribution in [0.4, 0.5) is 0 Å². The highest BCUT2D eigenvalue weighted by Crippen LogP contribution is 2.14. The number of hydrogen-bond donors (Lipinski definition) is 1. The quantitative estimate of drug-likeness (QED) is 0.815. The number of pyridine rings is 1. The van der Waals surface area contributed by atoms with Crippen molar-refractivity contribution < 1.29 is 4.74 Å². The van der Waals surface area contributed by atoms with Gasteiger partial charge in [-0.25, -0.2) is 0 Å². The van der Waals surface area contributed by atoms with Crippen LogP contribution < -0.4 is 10.1 Å². The van der Waals surface area contributed by atoms with Crippen LogP contribution in [0.3, 0.4) is 0 Å². The summed E-state index contributed by atoms with van der Waals surface area (Å²) in [7, 11) is 0. The number of aromatic nitrogens is 1. The molecule has 1 aliphatic heterocycles. The summed E-state index contributed by atoms with van der Waals surface area (Å²) >= 11 is 0.